The molecule has 0 spiro atoms. The number of carbonyl (C=O) groups excluding carboxylic acids is 1. The number of benzene rings is 1. The number of rotatable bonds is 5. The van der Waals surface area contributed by atoms with Crippen LogP contribution in [-0.2, 0) is 9.84 Å². The molecule has 0 saturated carbocycles. The van der Waals surface area contributed by atoms with Crippen molar-refractivity contribution in [1.29, 1.82) is 0 Å². The van der Waals surface area contributed by atoms with Crippen molar-refractivity contribution in [1.82, 2.24) is 10.2 Å². The first-order valence-corrected chi connectivity index (χ1v) is 10.9. The Balaban J connectivity index is 1.79. The molecule has 0 radical (unpaired) electrons. The molecule has 134 valence electrons. The van der Waals surface area contributed by atoms with Crippen LogP contribution in [0.3, 0.4) is 0 Å². The maximum atomic E-state index is 13.0. The van der Waals surface area contributed by atoms with Gasteiger partial charge in [0.05, 0.1) is 0 Å². The fourth-order valence-corrected chi connectivity index (χ4v) is 5.90. The van der Waals surface area contributed by atoms with Gasteiger partial charge in [-0.05, 0) is 36.3 Å². The number of nitrogens with one attached hydrogen (secondary N) is 1. The summed E-state index contributed by atoms with van der Waals surface area (Å²) in [5.74, 6) is 0. The molecule has 0 unspecified atom stereocenters. The number of amides is 2. The predicted octanol–water partition coefficient (Wildman–Crippen LogP) is 3.46. The number of piperidine rings is 1. The lowest BCUT2D eigenvalue weighted by molar-refractivity contribution is 0.186. The quantitative estimate of drug-likeness (QED) is 0.866. The van der Waals surface area contributed by atoms with E-state index in [1.54, 1.807) is 34.5 Å². The fraction of sp³-hybridized carbons (Fsp3) is 0.389. The van der Waals surface area contributed by atoms with Gasteiger partial charge in [0.2, 0.25) is 0 Å². The molecule has 2 heterocycles. The Morgan fingerprint density at radius 1 is 1.08 bits per heavy atom. The Labute approximate surface area is 152 Å². The molecule has 1 N–H and O–H groups in total. The molecular weight excluding hydrogens is 356 g/mol. The SMILES string of the molecule is O=C(NC[C@@H](c1ccccc1)S(=O)(=O)c1cccs1)N1CCCCC1. The molecule has 0 bridgehead atoms. The molecule has 1 atom stereocenters. The van der Waals surface area contributed by atoms with Gasteiger partial charge in [0, 0.05) is 19.6 Å². The van der Waals surface area contributed by atoms with Crippen LogP contribution in [0.25, 0.3) is 0 Å². The van der Waals surface area contributed by atoms with Crippen molar-refractivity contribution in [3.05, 3.63) is 53.4 Å². The number of sulfone groups is 1. The molecule has 1 aromatic heterocycles. The summed E-state index contributed by atoms with van der Waals surface area (Å²) in [6.07, 6.45) is 3.15. The molecule has 25 heavy (non-hydrogen) atoms. The topological polar surface area (TPSA) is 66.5 Å². The van der Waals surface area contributed by atoms with Gasteiger partial charge in [-0.15, -0.1) is 11.3 Å². The molecule has 1 aliphatic rings. The van der Waals surface area contributed by atoms with Crippen molar-refractivity contribution < 1.29 is 13.2 Å². The van der Waals surface area contributed by atoms with E-state index >= 15 is 0 Å². The molecule has 1 aromatic carbocycles. The highest BCUT2D eigenvalue weighted by Gasteiger charge is 2.31. The zero-order valence-corrected chi connectivity index (χ0v) is 15.6. The van der Waals surface area contributed by atoms with Crippen LogP contribution in [0, 0.1) is 0 Å². The highest BCUT2D eigenvalue weighted by Crippen LogP contribution is 2.31. The van der Waals surface area contributed by atoms with Gasteiger partial charge < -0.3 is 10.2 Å². The van der Waals surface area contributed by atoms with Crippen LogP contribution in [0.1, 0.15) is 30.1 Å². The predicted molar refractivity (Wildman–Crippen MR) is 99.5 cm³/mol. The Morgan fingerprint density at radius 2 is 1.80 bits per heavy atom. The summed E-state index contributed by atoms with van der Waals surface area (Å²) in [5.41, 5.74) is 0.690. The van der Waals surface area contributed by atoms with Crippen molar-refractivity contribution in [2.45, 2.75) is 28.7 Å². The lowest BCUT2D eigenvalue weighted by Gasteiger charge is -2.28. The van der Waals surface area contributed by atoms with Crippen LogP contribution >= 0.6 is 11.3 Å². The largest absolute Gasteiger partial charge is 0.336 e. The van der Waals surface area contributed by atoms with Crippen LogP contribution < -0.4 is 5.32 Å². The zero-order valence-electron chi connectivity index (χ0n) is 13.9. The van der Waals surface area contributed by atoms with Crippen molar-refractivity contribution in [3.8, 4) is 0 Å². The average Bonchev–Trinajstić information content (AvgIpc) is 3.19. The Kier molecular flexibility index (Phi) is 5.75. The third kappa shape index (κ3) is 4.22. The van der Waals surface area contributed by atoms with E-state index in [0.717, 1.165) is 32.4 Å². The number of hydrogen-bond donors (Lipinski definition) is 1. The van der Waals surface area contributed by atoms with Crippen molar-refractivity contribution in [3.63, 3.8) is 0 Å². The highest BCUT2D eigenvalue weighted by molar-refractivity contribution is 7.93. The summed E-state index contributed by atoms with van der Waals surface area (Å²) in [6, 6.07) is 12.2. The van der Waals surface area contributed by atoms with E-state index in [-0.39, 0.29) is 12.6 Å². The van der Waals surface area contributed by atoms with Gasteiger partial charge in [0.25, 0.3) is 0 Å². The minimum Gasteiger partial charge on any atom is -0.336 e. The minimum atomic E-state index is -3.55. The lowest BCUT2D eigenvalue weighted by atomic mass is 10.1. The number of nitrogens with zero attached hydrogens (tertiary/aromatic N) is 1. The fourth-order valence-electron chi connectivity index (χ4n) is 3.03. The normalized spacial score (nSPS) is 16.4. The summed E-state index contributed by atoms with van der Waals surface area (Å²) >= 11 is 1.20. The van der Waals surface area contributed by atoms with E-state index in [2.05, 4.69) is 5.32 Å². The number of hydrogen-bond acceptors (Lipinski definition) is 4. The molecule has 2 aromatic rings. The first-order valence-electron chi connectivity index (χ1n) is 8.44. The third-order valence-electron chi connectivity index (χ3n) is 4.40. The van der Waals surface area contributed by atoms with Gasteiger partial charge in [0.1, 0.15) is 9.46 Å². The van der Waals surface area contributed by atoms with Crippen LogP contribution in [0.5, 0.6) is 0 Å². The van der Waals surface area contributed by atoms with Gasteiger partial charge in [-0.2, -0.15) is 0 Å². The molecule has 5 nitrogen and oxygen atoms in total. The van der Waals surface area contributed by atoms with Gasteiger partial charge in [0.15, 0.2) is 9.84 Å². The van der Waals surface area contributed by atoms with Gasteiger partial charge in [-0.25, -0.2) is 13.2 Å². The molecular formula is C18H22N2O3S2. The van der Waals surface area contributed by atoms with E-state index < -0.39 is 15.1 Å². The van der Waals surface area contributed by atoms with Crippen LogP contribution in [0.2, 0.25) is 0 Å². The molecule has 0 aliphatic carbocycles. The third-order valence-corrected chi connectivity index (χ3v) is 7.94. The standard InChI is InChI=1S/C18H22N2O3S2/c21-18(20-11-5-2-6-12-20)19-14-16(15-8-3-1-4-9-15)25(22,23)17-10-7-13-24-17/h1,3-4,7-10,13,16H,2,5-6,11-12,14H2,(H,19,21)/t16-/m0/s1. The molecule has 1 fully saturated rings. The highest BCUT2D eigenvalue weighted by atomic mass is 32.2. The van der Waals surface area contributed by atoms with Gasteiger partial charge in [-0.1, -0.05) is 36.4 Å². The van der Waals surface area contributed by atoms with Crippen molar-refractivity contribution in [2.75, 3.05) is 19.6 Å². The van der Waals surface area contributed by atoms with Crippen LogP contribution in [0.15, 0.2) is 52.1 Å². The number of urea groups is 1. The lowest BCUT2D eigenvalue weighted by Crippen LogP contribution is -2.44. The number of carbonyl (C=O) groups is 1. The van der Waals surface area contributed by atoms with E-state index in [9.17, 15) is 13.2 Å². The number of likely N-dealkylation sites (tertiary alicyclic amines) is 1. The maximum absolute atomic E-state index is 13.0. The smallest absolute Gasteiger partial charge is 0.317 e. The van der Waals surface area contributed by atoms with Gasteiger partial charge in [-0.3, -0.25) is 0 Å². The van der Waals surface area contributed by atoms with Crippen LogP contribution in [0.4, 0.5) is 4.79 Å². The average molecular weight is 379 g/mol. The van der Waals surface area contributed by atoms with E-state index in [1.807, 2.05) is 18.2 Å². The Bertz CT molecular complexity index is 783. The second-order valence-corrected chi connectivity index (χ2v) is 9.42. The van der Waals surface area contributed by atoms with E-state index in [0.29, 0.717) is 9.77 Å². The summed E-state index contributed by atoms with van der Waals surface area (Å²) in [5, 5.41) is 3.79. The maximum Gasteiger partial charge on any atom is 0.317 e. The van der Waals surface area contributed by atoms with E-state index in [4.69, 9.17) is 0 Å². The molecule has 1 saturated heterocycles. The molecule has 1 aliphatic heterocycles. The Morgan fingerprint density at radius 3 is 2.44 bits per heavy atom. The first-order chi connectivity index (χ1) is 12.1. The van der Waals surface area contributed by atoms with Crippen LogP contribution in [-0.4, -0.2) is 39.0 Å². The van der Waals surface area contributed by atoms with Gasteiger partial charge >= 0.3 is 6.03 Å². The van der Waals surface area contributed by atoms with Crippen molar-refractivity contribution >= 4 is 27.2 Å². The second-order valence-electron chi connectivity index (χ2n) is 6.11. The molecule has 2 amide bonds. The number of thiophene rings is 1. The zero-order chi connectivity index (χ0) is 17.7. The summed E-state index contributed by atoms with van der Waals surface area (Å²) in [7, 11) is -3.55. The van der Waals surface area contributed by atoms with E-state index in [1.165, 1.54) is 11.3 Å². The molecule has 3 rings (SSSR count). The second kappa shape index (κ2) is 8.01. The Hall–Kier alpha value is -1.86. The first kappa shape index (κ1) is 17.9. The summed E-state index contributed by atoms with van der Waals surface area (Å²) in [6.45, 7) is 1.54. The monoisotopic (exact) mass is 378 g/mol. The minimum absolute atomic E-state index is 0.0690. The molecule has 7 heteroatoms. The summed E-state index contributed by atoms with van der Waals surface area (Å²) in [4.78, 5) is 14.1. The summed E-state index contributed by atoms with van der Waals surface area (Å²) < 4.78 is 26.4. The van der Waals surface area contributed by atoms with Crippen molar-refractivity contribution in [2.24, 2.45) is 0 Å².